The van der Waals surface area contributed by atoms with Crippen molar-refractivity contribution in [2.24, 2.45) is 0 Å². The predicted octanol–water partition coefficient (Wildman–Crippen LogP) is 2.25. The summed E-state index contributed by atoms with van der Waals surface area (Å²) in [6, 6.07) is 6.79. The summed E-state index contributed by atoms with van der Waals surface area (Å²) >= 11 is 5.93. The van der Waals surface area contributed by atoms with Gasteiger partial charge in [-0.3, -0.25) is 4.79 Å². The average Bonchev–Trinajstić information content (AvgIpc) is 2.81. The maximum absolute atomic E-state index is 12.2. The predicted molar refractivity (Wildman–Crippen MR) is 85.9 cm³/mol. The molecule has 0 aliphatic heterocycles. The summed E-state index contributed by atoms with van der Waals surface area (Å²) in [5.41, 5.74) is 0.753. The number of aromatic nitrogens is 1. The number of carbonyl (C=O) groups is 1. The largest absolute Gasteiger partial charge is 0.360 e. The number of rotatable bonds is 6. The minimum atomic E-state index is -3.77. The van der Waals surface area contributed by atoms with E-state index in [9.17, 15) is 13.2 Å². The lowest BCUT2D eigenvalue weighted by molar-refractivity contribution is -0.116. The summed E-state index contributed by atoms with van der Waals surface area (Å²) in [5, 5.41) is 6.63. The highest BCUT2D eigenvalue weighted by atomic mass is 35.5. The van der Waals surface area contributed by atoms with Gasteiger partial charge in [0.05, 0.1) is 10.7 Å². The third-order valence-electron chi connectivity index (χ3n) is 3.03. The maximum Gasteiger partial charge on any atom is 0.245 e. The quantitative estimate of drug-likeness (QED) is 0.825. The van der Waals surface area contributed by atoms with Crippen molar-refractivity contribution in [1.29, 1.82) is 0 Å². The van der Waals surface area contributed by atoms with Crippen LogP contribution in [0.3, 0.4) is 0 Å². The molecule has 0 unspecified atom stereocenters. The molecule has 7 nitrogen and oxygen atoms in total. The van der Waals surface area contributed by atoms with E-state index in [1.165, 1.54) is 13.8 Å². The van der Waals surface area contributed by atoms with Crippen LogP contribution < -0.4 is 10.0 Å². The van der Waals surface area contributed by atoms with Gasteiger partial charge in [-0.2, -0.15) is 0 Å². The molecule has 2 N–H and O–H groups in total. The van der Waals surface area contributed by atoms with Gasteiger partial charge in [0.2, 0.25) is 15.9 Å². The summed E-state index contributed by atoms with van der Waals surface area (Å²) in [6.45, 7) is 3.00. The van der Waals surface area contributed by atoms with Crippen LogP contribution >= 0.6 is 11.6 Å². The number of nitrogens with one attached hydrogen (secondary N) is 2. The third-order valence-corrected chi connectivity index (χ3v) is 5.06. The van der Waals surface area contributed by atoms with Gasteiger partial charge in [-0.25, -0.2) is 13.1 Å². The number of aryl methyl sites for hydroxylation is 2. The molecule has 1 amide bonds. The zero-order valence-corrected chi connectivity index (χ0v) is 14.2. The number of hydrogen-bond acceptors (Lipinski definition) is 5. The minimum absolute atomic E-state index is 0.00371. The van der Waals surface area contributed by atoms with Crippen LogP contribution in [-0.2, 0) is 14.8 Å². The van der Waals surface area contributed by atoms with E-state index in [-0.39, 0.29) is 35.2 Å². The number of sulfonamides is 1. The number of benzene rings is 1. The fourth-order valence-corrected chi connectivity index (χ4v) is 3.54. The summed E-state index contributed by atoms with van der Waals surface area (Å²) in [4.78, 5) is 11.8. The second kappa shape index (κ2) is 7.12. The van der Waals surface area contributed by atoms with Crippen molar-refractivity contribution in [3.8, 4) is 0 Å². The molecule has 0 aliphatic rings. The van der Waals surface area contributed by atoms with Gasteiger partial charge in [0.15, 0.2) is 5.76 Å². The first-order chi connectivity index (χ1) is 10.8. The lowest BCUT2D eigenvalue weighted by Crippen LogP contribution is -2.28. The Labute approximate surface area is 139 Å². The van der Waals surface area contributed by atoms with Gasteiger partial charge in [-0.15, -0.1) is 0 Å². The Morgan fingerprint density at radius 1 is 1.30 bits per heavy atom. The van der Waals surface area contributed by atoms with E-state index in [0.717, 1.165) is 0 Å². The Kier molecular flexibility index (Phi) is 5.40. The molecule has 0 radical (unpaired) electrons. The molecule has 0 saturated heterocycles. The maximum atomic E-state index is 12.2. The number of carbonyl (C=O) groups excluding carboxylic acids is 1. The molecule has 124 valence electrons. The van der Waals surface area contributed by atoms with Gasteiger partial charge in [0.1, 0.15) is 10.6 Å². The van der Waals surface area contributed by atoms with Crippen LogP contribution in [0.5, 0.6) is 0 Å². The number of para-hydroxylation sites is 1. The molecule has 9 heteroatoms. The molecule has 0 saturated carbocycles. The van der Waals surface area contributed by atoms with Crippen molar-refractivity contribution in [3.05, 3.63) is 40.7 Å². The van der Waals surface area contributed by atoms with Crippen molar-refractivity contribution >= 4 is 33.2 Å². The van der Waals surface area contributed by atoms with Crippen LogP contribution in [-0.4, -0.2) is 26.0 Å². The molecule has 0 fully saturated rings. The van der Waals surface area contributed by atoms with Crippen molar-refractivity contribution in [2.45, 2.75) is 25.2 Å². The van der Waals surface area contributed by atoms with Crippen molar-refractivity contribution in [1.82, 2.24) is 9.88 Å². The summed E-state index contributed by atoms with van der Waals surface area (Å²) in [5.74, 6) is -0.143. The van der Waals surface area contributed by atoms with E-state index in [4.69, 9.17) is 16.1 Å². The van der Waals surface area contributed by atoms with Gasteiger partial charge < -0.3 is 9.84 Å². The van der Waals surface area contributed by atoms with Gasteiger partial charge in [-0.05, 0) is 26.0 Å². The fraction of sp³-hybridized carbons (Fsp3) is 0.286. The van der Waals surface area contributed by atoms with Crippen LogP contribution in [0.4, 0.5) is 5.69 Å². The van der Waals surface area contributed by atoms with Gasteiger partial charge in [-0.1, -0.05) is 28.9 Å². The van der Waals surface area contributed by atoms with E-state index in [2.05, 4.69) is 15.2 Å². The second-order valence-corrected chi connectivity index (χ2v) is 6.94. The molecule has 2 rings (SSSR count). The zero-order valence-electron chi connectivity index (χ0n) is 12.6. The molecule has 0 bridgehead atoms. The molecule has 1 aromatic heterocycles. The fourth-order valence-electron chi connectivity index (χ4n) is 2.00. The van der Waals surface area contributed by atoms with Crippen LogP contribution in [0.25, 0.3) is 0 Å². The van der Waals surface area contributed by atoms with Crippen LogP contribution in [0.1, 0.15) is 17.9 Å². The lowest BCUT2D eigenvalue weighted by Gasteiger charge is -2.08. The van der Waals surface area contributed by atoms with E-state index < -0.39 is 10.0 Å². The molecular formula is C14H16ClN3O4S. The number of nitrogens with zero attached hydrogens (tertiary/aromatic N) is 1. The van der Waals surface area contributed by atoms with Crippen molar-refractivity contribution in [3.63, 3.8) is 0 Å². The Hall–Kier alpha value is -1.90. The van der Waals surface area contributed by atoms with Crippen molar-refractivity contribution < 1.29 is 17.7 Å². The first-order valence-electron chi connectivity index (χ1n) is 6.78. The normalized spacial score (nSPS) is 11.4. The summed E-state index contributed by atoms with van der Waals surface area (Å²) in [7, 11) is -3.77. The first-order valence-corrected chi connectivity index (χ1v) is 8.64. The molecular weight excluding hydrogens is 342 g/mol. The Morgan fingerprint density at radius 2 is 2.00 bits per heavy atom. The monoisotopic (exact) mass is 357 g/mol. The smallest absolute Gasteiger partial charge is 0.245 e. The average molecular weight is 358 g/mol. The molecule has 1 heterocycles. The highest BCUT2D eigenvalue weighted by Gasteiger charge is 2.23. The van der Waals surface area contributed by atoms with E-state index in [0.29, 0.717) is 10.7 Å². The van der Waals surface area contributed by atoms with Crippen LogP contribution in [0.15, 0.2) is 33.7 Å². The second-order valence-electron chi connectivity index (χ2n) is 4.83. The molecule has 2 aromatic rings. The van der Waals surface area contributed by atoms with E-state index in [1.54, 1.807) is 24.3 Å². The number of amides is 1. The Morgan fingerprint density at radius 3 is 2.61 bits per heavy atom. The molecule has 0 atom stereocenters. The first kappa shape index (κ1) is 17.5. The highest BCUT2D eigenvalue weighted by molar-refractivity contribution is 7.89. The number of halogens is 1. The Balaban J connectivity index is 1.92. The van der Waals surface area contributed by atoms with Crippen LogP contribution in [0, 0.1) is 13.8 Å². The van der Waals surface area contributed by atoms with Crippen LogP contribution in [0.2, 0.25) is 5.02 Å². The summed E-state index contributed by atoms with van der Waals surface area (Å²) in [6.07, 6.45) is -0.0339. The molecule has 23 heavy (non-hydrogen) atoms. The van der Waals surface area contributed by atoms with Gasteiger partial charge in [0.25, 0.3) is 0 Å². The summed E-state index contributed by atoms with van der Waals surface area (Å²) < 4.78 is 31.5. The molecule has 0 aliphatic carbocycles. The topological polar surface area (TPSA) is 101 Å². The SMILES string of the molecule is Cc1noc(C)c1S(=O)(=O)NCCC(=O)Nc1ccccc1Cl. The van der Waals surface area contributed by atoms with Crippen molar-refractivity contribution in [2.75, 3.05) is 11.9 Å². The minimum Gasteiger partial charge on any atom is -0.360 e. The van der Waals surface area contributed by atoms with Gasteiger partial charge in [0, 0.05) is 13.0 Å². The Bertz CT molecular complexity index is 798. The number of anilines is 1. The van der Waals surface area contributed by atoms with Gasteiger partial charge >= 0.3 is 0 Å². The highest BCUT2D eigenvalue weighted by Crippen LogP contribution is 2.21. The molecule has 1 aromatic carbocycles. The standard InChI is InChI=1S/C14H16ClN3O4S/c1-9-14(10(2)22-18-9)23(20,21)16-8-7-13(19)17-12-6-4-3-5-11(12)15/h3-6,16H,7-8H2,1-2H3,(H,17,19). The zero-order chi connectivity index (χ0) is 17.0. The number of hydrogen-bond donors (Lipinski definition) is 2. The van der Waals surface area contributed by atoms with E-state index >= 15 is 0 Å². The van der Waals surface area contributed by atoms with E-state index in [1.807, 2.05) is 0 Å². The third kappa shape index (κ3) is 4.31. The lowest BCUT2D eigenvalue weighted by atomic mass is 10.3. The molecule has 0 spiro atoms.